The average molecular weight is 392 g/mol. The van der Waals surface area contributed by atoms with Crippen LogP contribution in [0.4, 0.5) is 4.79 Å². The monoisotopic (exact) mass is 391 g/mol. The molecule has 2 saturated heterocycles. The van der Waals surface area contributed by atoms with Crippen molar-refractivity contribution in [1.82, 2.24) is 15.1 Å². The Balaban J connectivity index is 1.36. The van der Waals surface area contributed by atoms with Crippen molar-refractivity contribution < 1.29 is 14.3 Å². The summed E-state index contributed by atoms with van der Waals surface area (Å²) in [4.78, 5) is 29.8. The van der Waals surface area contributed by atoms with E-state index in [2.05, 4.69) is 15.1 Å². The molecule has 4 rings (SSSR count). The average Bonchev–Trinajstić information content (AvgIpc) is 3.32. The molecular weight excluding hydrogens is 354 g/mol. The Hall–Kier alpha value is -1.30. The van der Waals surface area contributed by atoms with Crippen molar-refractivity contribution in [3.05, 3.63) is 0 Å². The van der Waals surface area contributed by atoms with Gasteiger partial charge in [-0.25, -0.2) is 4.79 Å². The molecule has 1 atom stereocenters. The summed E-state index contributed by atoms with van der Waals surface area (Å²) >= 11 is 0. The molecule has 6 heteroatoms. The first kappa shape index (κ1) is 20.0. The summed E-state index contributed by atoms with van der Waals surface area (Å²) in [5.41, 5.74) is -0.152. The van der Waals surface area contributed by atoms with E-state index < -0.39 is 0 Å². The number of piperidine rings is 1. The second-order valence-corrected chi connectivity index (χ2v) is 9.73. The van der Waals surface area contributed by atoms with Gasteiger partial charge < -0.3 is 19.9 Å². The van der Waals surface area contributed by atoms with Gasteiger partial charge in [-0.05, 0) is 65.2 Å². The first-order chi connectivity index (χ1) is 13.5. The maximum absolute atomic E-state index is 12.8. The Morgan fingerprint density at radius 1 is 1.04 bits per heavy atom. The van der Waals surface area contributed by atoms with Gasteiger partial charge in [-0.1, -0.05) is 12.8 Å². The lowest BCUT2D eigenvalue weighted by atomic mass is 9.81. The van der Waals surface area contributed by atoms with E-state index in [-0.39, 0.29) is 29.6 Å². The molecule has 2 aliphatic heterocycles. The van der Waals surface area contributed by atoms with E-state index >= 15 is 0 Å². The number of nitrogens with zero attached hydrogens (tertiary/aromatic N) is 2. The third-order valence-corrected chi connectivity index (χ3v) is 7.14. The number of carbonyl (C=O) groups excluding carboxylic acids is 2. The summed E-state index contributed by atoms with van der Waals surface area (Å²) < 4.78 is 6.31. The third-order valence-electron chi connectivity index (χ3n) is 7.14. The molecule has 0 aromatic rings. The molecule has 0 radical (unpaired) electrons. The van der Waals surface area contributed by atoms with Crippen LogP contribution in [0, 0.1) is 5.92 Å². The van der Waals surface area contributed by atoms with Gasteiger partial charge in [0.25, 0.3) is 0 Å². The molecule has 158 valence electrons. The highest BCUT2D eigenvalue weighted by Gasteiger charge is 2.46. The molecule has 0 aromatic carbocycles. The minimum atomic E-state index is -0.152. The molecule has 4 fully saturated rings. The minimum Gasteiger partial charge on any atom is -0.375 e. The van der Waals surface area contributed by atoms with Crippen molar-refractivity contribution in [2.24, 2.45) is 5.92 Å². The first-order valence-corrected chi connectivity index (χ1v) is 11.5. The van der Waals surface area contributed by atoms with Crippen molar-refractivity contribution in [3.8, 4) is 0 Å². The molecule has 0 bridgehead atoms. The zero-order valence-electron chi connectivity index (χ0n) is 17.6. The normalized spacial score (nSPS) is 28.0. The molecule has 3 amide bonds. The number of hydrogen-bond acceptors (Lipinski definition) is 3. The van der Waals surface area contributed by atoms with Crippen LogP contribution in [0.2, 0.25) is 0 Å². The second kappa shape index (κ2) is 8.21. The highest BCUT2D eigenvalue weighted by Crippen LogP contribution is 2.40. The predicted molar refractivity (Wildman–Crippen MR) is 108 cm³/mol. The summed E-state index contributed by atoms with van der Waals surface area (Å²) in [6.07, 6.45) is 10.5. The Bertz CT molecular complexity index is 576. The molecule has 1 spiro atoms. The number of carbonyl (C=O) groups is 2. The number of likely N-dealkylation sites (tertiary alicyclic amines) is 1. The Morgan fingerprint density at radius 2 is 1.71 bits per heavy atom. The van der Waals surface area contributed by atoms with E-state index in [1.165, 1.54) is 12.8 Å². The largest absolute Gasteiger partial charge is 0.375 e. The van der Waals surface area contributed by atoms with Crippen molar-refractivity contribution in [2.75, 3.05) is 19.7 Å². The first-order valence-electron chi connectivity index (χ1n) is 11.5. The Labute approximate surface area is 169 Å². The van der Waals surface area contributed by atoms with E-state index in [0.29, 0.717) is 11.9 Å². The van der Waals surface area contributed by atoms with Crippen molar-refractivity contribution in [2.45, 2.75) is 102 Å². The summed E-state index contributed by atoms with van der Waals surface area (Å²) in [5.74, 6) is 0.634. The van der Waals surface area contributed by atoms with Gasteiger partial charge in [-0.15, -0.1) is 0 Å². The molecule has 6 nitrogen and oxygen atoms in total. The SMILES string of the molecule is CC(C)NC(=O)N(C1CC1)C1CCOC2(CCN(C(=O)C3CCCC3)CC2)C1. The molecule has 28 heavy (non-hydrogen) atoms. The van der Waals surface area contributed by atoms with E-state index in [9.17, 15) is 9.59 Å². The van der Waals surface area contributed by atoms with Crippen LogP contribution in [0.1, 0.15) is 78.1 Å². The maximum atomic E-state index is 12.8. The molecule has 2 saturated carbocycles. The molecular formula is C22H37N3O3. The van der Waals surface area contributed by atoms with Crippen LogP contribution < -0.4 is 5.32 Å². The molecule has 2 heterocycles. The van der Waals surface area contributed by atoms with E-state index in [4.69, 9.17) is 4.74 Å². The zero-order valence-corrected chi connectivity index (χ0v) is 17.6. The summed E-state index contributed by atoms with van der Waals surface area (Å²) in [6.45, 7) is 6.38. The fourth-order valence-electron chi connectivity index (χ4n) is 5.46. The van der Waals surface area contributed by atoms with Gasteiger partial charge in [0.1, 0.15) is 0 Å². The topological polar surface area (TPSA) is 61.9 Å². The fourth-order valence-corrected chi connectivity index (χ4v) is 5.46. The van der Waals surface area contributed by atoms with Crippen LogP contribution in [0.3, 0.4) is 0 Å². The lowest BCUT2D eigenvalue weighted by molar-refractivity contribution is -0.150. The van der Waals surface area contributed by atoms with Gasteiger partial charge in [0.15, 0.2) is 0 Å². The van der Waals surface area contributed by atoms with Crippen molar-refractivity contribution in [1.29, 1.82) is 0 Å². The van der Waals surface area contributed by atoms with Crippen LogP contribution in [0.25, 0.3) is 0 Å². The maximum Gasteiger partial charge on any atom is 0.318 e. The number of rotatable bonds is 4. The van der Waals surface area contributed by atoms with E-state index in [0.717, 1.165) is 71.1 Å². The van der Waals surface area contributed by atoms with Gasteiger partial charge in [-0.2, -0.15) is 0 Å². The minimum absolute atomic E-state index is 0.0911. The van der Waals surface area contributed by atoms with Crippen LogP contribution >= 0.6 is 0 Å². The summed E-state index contributed by atoms with van der Waals surface area (Å²) in [5, 5.41) is 3.10. The Morgan fingerprint density at radius 3 is 2.32 bits per heavy atom. The smallest absolute Gasteiger partial charge is 0.318 e. The van der Waals surface area contributed by atoms with Crippen LogP contribution in [0.5, 0.6) is 0 Å². The lowest BCUT2D eigenvalue weighted by Gasteiger charge is -2.48. The van der Waals surface area contributed by atoms with E-state index in [1.54, 1.807) is 0 Å². The van der Waals surface area contributed by atoms with Crippen LogP contribution in [-0.4, -0.2) is 65.2 Å². The standard InChI is InChI=1S/C22H37N3O3/c1-16(2)23-21(27)25(18-7-8-18)19-9-14-28-22(15-19)10-12-24(13-11-22)20(26)17-5-3-4-6-17/h16-19H,3-15H2,1-2H3,(H,23,27). The van der Waals surface area contributed by atoms with Crippen LogP contribution in [0.15, 0.2) is 0 Å². The number of nitrogens with one attached hydrogen (secondary N) is 1. The van der Waals surface area contributed by atoms with Crippen LogP contribution in [-0.2, 0) is 9.53 Å². The molecule has 1 unspecified atom stereocenters. The summed E-state index contributed by atoms with van der Waals surface area (Å²) in [6, 6.07) is 0.917. The van der Waals surface area contributed by atoms with Gasteiger partial charge in [-0.3, -0.25) is 4.79 Å². The van der Waals surface area contributed by atoms with E-state index in [1.807, 2.05) is 13.8 Å². The molecule has 4 aliphatic rings. The number of urea groups is 1. The zero-order chi connectivity index (χ0) is 19.7. The van der Waals surface area contributed by atoms with Gasteiger partial charge in [0, 0.05) is 43.7 Å². The Kier molecular flexibility index (Phi) is 5.86. The third kappa shape index (κ3) is 4.32. The highest BCUT2D eigenvalue weighted by atomic mass is 16.5. The number of amides is 3. The predicted octanol–water partition coefficient (Wildman–Crippen LogP) is 3.30. The lowest BCUT2D eigenvalue weighted by Crippen LogP contribution is -2.57. The number of hydrogen-bond donors (Lipinski definition) is 1. The fraction of sp³-hybridized carbons (Fsp3) is 0.909. The second-order valence-electron chi connectivity index (χ2n) is 9.73. The van der Waals surface area contributed by atoms with Crippen molar-refractivity contribution in [3.63, 3.8) is 0 Å². The molecule has 1 N–H and O–H groups in total. The quantitative estimate of drug-likeness (QED) is 0.800. The molecule has 0 aromatic heterocycles. The van der Waals surface area contributed by atoms with Crippen molar-refractivity contribution >= 4 is 11.9 Å². The van der Waals surface area contributed by atoms with Gasteiger partial charge in [0.2, 0.25) is 5.91 Å². The van der Waals surface area contributed by atoms with Gasteiger partial charge in [0.05, 0.1) is 5.60 Å². The number of ether oxygens (including phenoxy) is 1. The summed E-state index contributed by atoms with van der Waals surface area (Å²) in [7, 11) is 0. The molecule has 2 aliphatic carbocycles. The van der Waals surface area contributed by atoms with Gasteiger partial charge >= 0.3 is 6.03 Å². The highest BCUT2D eigenvalue weighted by molar-refractivity contribution is 5.79.